The maximum absolute atomic E-state index is 10.4. The maximum Gasteiger partial charge on any atom is 0.268 e. The quantitative estimate of drug-likeness (QED) is 0.777. The fourth-order valence-electron chi connectivity index (χ4n) is 0.965. The maximum atomic E-state index is 10.4. The highest BCUT2D eigenvalue weighted by atomic mass is 32.2. The number of hydrogen-bond acceptors (Lipinski definition) is 3. The summed E-state index contributed by atoms with van der Waals surface area (Å²) in [6, 6.07) is 7.02. The van der Waals surface area contributed by atoms with Crippen molar-refractivity contribution in [2.45, 2.75) is 0 Å². The molecule has 0 amide bonds. The molecule has 0 unspecified atom stereocenters. The van der Waals surface area contributed by atoms with Crippen LogP contribution in [0.2, 0.25) is 0 Å². The number of hydrogen-bond donors (Lipinski definition) is 1. The third-order valence-corrected chi connectivity index (χ3v) is 2.41. The van der Waals surface area contributed by atoms with E-state index in [1.54, 1.807) is 30.3 Å². The van der Waals surface area contributed by atoms with E-state index in [0.717, 1.165) is 5.56 Å². The summed E-state index contributed by atoms with van der Waals surface area (Å²) in [6.07, 6.45) is 1.70. The monoisotopic (exact) mass is 228 g/mol. The molecule has 0 aromatic heterocycles. The lowest BCUT2D eigenvalue weighted by Gasteiger charge is -2.04. The second-order valence-electron chi connectivity index (χ2n) is 2.91. The largest absolute Gasteiger partial charge is 0.492 e. The highest BCUT2D eigenvalue weighted by Gasteiger charge is 2.04. The number of benzene rings is 1. The Morgan fingerprint density at radius 1 is 1.33 bits per heavy atom. The van der Waals surface area contributed by atoms with E-state index in [0.29, 0.717) is 5.75 Å². The molecule has 15 heavy (non-hydrogen) atoms. The molecule has 0 fully saturated rings. The topological polar surface area (TPSA) is 63.6 Å². The first-order valence-corrected chi connectivity index (χ1v) is 5.92. The van der Waals surface area contributed by atoms with Crippen molar-refractivity contribution < 1.29 is 17.7 Å². The van der Waals surface area contributed by atoms with Gasteiger partial charge in [0, 0.05) is 0 Å². The molecule has 0 bridgehead atoms. The minimum Gasteiger partial charge on any atom is -0.492 e. The Bertz CT molecular complexity index is 419. The second kappa shape index (κ2) is 4.95. The van der Waals surface area contributed by atoms with Gasteiger partial charge in [0.15, 0.2) is 0 Å². The van der Waals surface area contributed by atoms with Crippen LogP contribution < -0.4 is 4.74 Å². The van der Waals surface area contributed by atoms with Gasteiger partial charge >= 0.3 is 0 Å². The van der Waals surface area contributed by atoms with Crippen molar-refractivity contribution in [1.29, 1.82) is 0 Å². The van der Waals surface area contributed by atoms with Crippen molar-refractivity contribution in [3.05, 3.63) is 36.4 Å². The summed E-state index contributed by atoms with van der Waals surface area (Å²) in [5.74, 6) is 0.153. The van der Waals surface area contributed by atoms with Crippen LogP contribution in [0.25, 0.3) is 6.08 Å². The highest BCUT2D eigenvalue weighted by Crippen LogP contribution is 2.12. The number of ether oxygens (including phenoxy) is 1. The van der Waals surface area contributed by atoms with Gasteiger partial charge in [-0.05, 0) is 17.7 Å². The van der Waals surface area contributed by atoms with Crippen LogP contribution in [0.1, 0.15) is 5.56 Å². The molecule has 0 aliphatic carbocycles. The summed E-state index contributed by atoms with van der Waals surface area (Å²) in [5.41, 5.74) is 0.956. The van der Waals surface area contributed by atoms with Gasteiger partial charge in [-0.3, -0.25) is 4.55 Å². The summed E-state index contributed by atoms with van der Waals surface area (Å²) < 4.78 is 34.3. The SMILES string of the molecule is C=Cc1ccc(OCCS(=O)(=O)O)cc1. The summed E-state index contributed by atoms with van der Waals surface area (Å²) in [4.78, 5) is 0. The standard InChI is InChI=1S/C10H12O4S/c1-2-9-3-5-10(6-4-9)14-7-8-15(11,12)13/h2-6H,1,7-8H2,(H,11,12,13). The van der Waals surface area contributed by atoms with Gasteiger partial charge in [-0.1, -0.05) is 24.8 Å². The lowest BCUT2D eigenvalue weighted by atomic mass is 10.2. The molecule has 0 saturated carbocycles. The average Bonchev–Trinajstić information content (AvgIpc) is 2.17. The zero-order valence-electron chi connectivity index (χ0n) is 8.09. The van der Waals surface area contributed by atoms with Crippen LogP contribution in [-0.2, 0) is 10.1 Å². The second-order valence-corrected chi connectivity index (χ2v) is 4.48. The molecule has 4 nitrogen and oxygen atoms in total. The Kier molecular flexibility index (Phi) is 3.88. The lowest BCUT2D eigenvalue weighted by molar-refractivity contribution is 0.336. The summed E-state index contributed by atoms with van der Waals surface area (Å²) in [5, 5.41) is 0. The zero-order valence-corrected chi connectivity index (χ0v) is 8.90. The molecular weight excluding hydrogens is 216 g/mol. The predicted molar refractivity (Wildman–Crippen MR) is 58.4 cm³/mol. The predicted octanol–water partition coefficient (Wildman–Crippen LogP) is 1.60. The van der Waals surface area contributed by atoms with Crippen LogP contribution in [-0.4, -0.2) is 25.3 Å². The minimum atomic E-state index is -3.95. The normalized spacial score (nSPS) is 11.0. The van der Waals surface area contributed by atoms with Gasteiger partial charge in [0.25, 0.3) is 10.1 Å². The van der Waals surface area contributed by atoms with Gasteiger partial charge in [0.1, 0.15) is 18.1 Å². The first kappa shape index (κ1) is 11.7. The molecule has 0 aliphatic rings. The van der Waals surface area contributed by atoms with Crippen molar-refractivity contribution in [3.63, 3.8) is 0 Å². The average molecular weight is 228 g/mol. The highest BCUT2D eigenvalue weighted by molar-refractivity contribution is 7.85. The smallest absolute Gasteiger partial charge is 0.268 e. The van der Waals surface area contributed by atoms with Gasteiger partial charge in [0.05, 0.1) is 0 Å². The van der Waals surface area contributed by atoms with Crippen molar-refractivity contribution in [1.82, 2.24) is 0 Å². The molecule has 1 N–H and O–H groups in total. The molecule has 1 aromatic rings. The third kappa shape index (κ3) is 4.62. The van der Waals surface area contributed by atoms with Crippen molar-refractivity contribution >= 4 is 16.2 Å². The molecule has 5 heteroatoms. The molecule has 1 rings (SSSR count). The molecule has 0 heterocycles. The molecule has 0 radical (unpaired) electrons. The first-order valence-electron chi connectivity index (χ1n) is 4.32. The van der Waals surface area contributed by atoms with Crippen LogP contribution in [0.3, 0.4) is 0 Å². The Labute approximate surface area is 88.9 Å². The van der Waals surface area contributed by atoms with E-state index >= 15 is 0 Å². The molecule has 82 valence electrons. The van der Waals surface area contributed by atoms with E-state index in [2.05, 4.69) is 6.58 Å². The van der Waals surface area contributed by atoms with Crippen LogP contribution in [0.15, 0.2) is 30.8 Å². The van der Waals surface area contributed by atoms with Crippen molar-refractivity contribution in [2.24, 2.45) is 0 Å². The van der Waals surface area contributed by atoms with E-state index < -0.39 is 15.9 Å². The van der Waals surface area contributed by atoms with E-state index in [-0.39, 0.29) is 6.61 Å². The van der Waals surface area contributed by atoms with Gasteiger partial charge in [-0.25, -0.2) is 0 Å². The van der Waals surface area contributed by atoms with Crippen LogP contribution in [0.4, 0.5) is 0 Å². The van der Waals surface area contributed by atoms with Crippen LogP contribution >= 0.6 is 0 Å². The third-order valence-electron chi connectivity index (χ3n) is 1.73. The Hall–Kier alpha value is -1.33. The fourth-order valence-corrected chi connectivity index (χ4v) is 1.26. The van der Waals surface area contributed by atoms with E-state index in [9.17, 15) is 8.42 Å². The molecule has 0 spiro atoms. The molecule has 0 atom stereocenters. The Morgan fingerprint density at radius 3 is 2.40 bits per heavy atom. The molecule has 1 aromatic carbocycles. The van der Waals surface area contributed by atoms with Crippen molar-refractivity contribution in [3.8, 4) is 5.75 Å². The summed E-state index contributed by atoms with van der Waals surface area (Å²) in [7, 11) is -3.95. The zero-order chi connectivity index (χ0) is 11.3. The van der Waals surface area contributed by atoms with E-state index in [4.69, 9.17) is 9.29 Å². The molecule has 0 aliphatic heterocycles. The van der Waals surface area contributed by atoms with Crippen LogP contribution in [0.5, 0.6) is 5.75 Å². The van der Waals surface area contributed by atoms with Gasteiger partial charge < -0.3 is 4.74 Å². The Balaban J connectivity index is 2.48. The molecule has 0 saturated heterocycles. The van der Waals surface area contributed by atoms with Gasteiger partial charge in [-0.2, -0.15) is 8.42 Å². The van der Waals surface area contributed by atoms with Crippen molar-refractivity contribution in [2.75, 3.05) is 12.4 Å². The number of rotatable bonds is 5. The lowest BCUT2D eigenvalue weighted by Crippen LogP contribution is -2.12. The van der Waals surface area contributed by atoms with Crippen LogP contribution in [0, 0.1) is 0 Å². The summed E-state index contributed by atoms with van der Waals surface area (Å²) >= 11 is 0. The first-order chi connectivity index (χ1) is 7.01. The van der Waals surface area contributed by atoms with E-state index in [1.807, 2.05) is 0 Å². The van der Waals surface area contributed by atoms with Gasteiger partial charge in [0.2, 0.25) is 0 Å². The van der Waals surface area contributed by atoms with Gasteiger partial charge in [-0.15, -0.1) is 0 Å². The van der Waals surface area contributed by atoms with E-state index in [1.165, 1.54) is 0 Å². The minimum absolute atomic E-state index is 0.0632. The summed E-state index contributed by atoms with van der Waals surface area (Å²) in [6.45, 7) is 3.54. The Morgan fingerprint density at radius 2 is 1.93 bits per heavy atom. The molecular formula is C10H12O4S. The fraction of sp³-hybridized carbons (Fsp3) is 0.200.